The van der Waals surface area contributed by atoms with E-state index in [1.54, 1.807) is 0 Å². The molecule has 1 aromatic heterocycles. The van der Waals surface area contributed by atoms with Gasteiger partial charge in [0.1, 0.15) is 11.5 Å². The number of rotatable bonds is 4. The lowest BCUT2D eigenvalue weighted by molar-refractivity contribution is -0.139. The van der Waals surface area contributed by atoms with Crippen molar-refractivity contribution in [1.29, 1.82) is 0 Å². The summed E-state index contributed by atoms with van der Waals surface area (Å²) in [5, 5.41) is 9.84. The molecule has 5 nitrogen and oxygen atoms in total. The van der Waals surface area contributed by atoms with E-state index in [4.69, 9.17) is 4.42 Å². The lowest BCUT2D eigenvalue weighted by atomic mass is 9.86. The maximum absolute atomic E-state index is 12.8. The van der Waals surface area contributed by atoms with Gasteiger partial charge in [0.15, 0.2) is 5.89 Å². The van der Waals surface area contributed by atoms with Gasteiger partial charge in [-0.1, -0.05) is 36.8 Å². The Balaban J connectivity index is 1.38. The normalized spacial score (nSPS) is 22.9. The number of aryl methyl sites for hydroxylation is 2. The fourth-order valence-corrected chi connectivity index (χ4v) is 4.09. The topological polar surface area (TPSA) is 66.6 Å². The highest BCUT2D eigenvalue weighted by Gasteiger charge is 2.32. The third-order valence-corrected chi connectivity index (χ3v) is 5.55. The van der Waals surface area contributed by atoms with Crippen molar-refractivity contribution in [3.8, 4) is 0 Å². The molecular weight excluding hydrogens is 328 g/mol. The number of nitrogens with zero attached hydrogens (tertiary/aromatic N) is 2. The van der Waals surface area contributed by atoms with Gasteiger partial charge in [0.2, 0.25) is 5.91 Å². The average Bonchev–Trinajstić information content (AvgIpc) is 3.08. The Morgan fingerprint density at radius 3 is 2.88 bits per heavy atom. The number of aromatic nitrogens is 1. The Bertz CT molecular complexity index is 756. The first kappa shape index (κ1) is 17.3. The van der Waals surface area contributed by atoms with E-state index in [2.05, 4.69) is 17.1 Å². The zero-order chi connectivity index (χ0) is 17.9. The molecule has 2 aromatic rings. The molecule has 0 radical (unpaired) electrons. The molecule has 1 amide bonds. The molecule has 5 heteroatoms. The molecule has 4 rings (SSSR count). The van der Waals surface area contributed by atoms with Crippen LogP contribution in [0.15, 0.2) is 34.7 Å². The molecule has 1 saturated carbocycles. The molecule has 2 aliphatic rings. The van der Waals surface area contributed by atoms with Crippen LogP contribution < -0.4 is 0 Å². The lowest BCUT2D eigenvalue weighted by Crippen LogP contribution is -2.41. The van der Waals surface area contributed by atoms with Gasteiger partial charge >= 0.3 is 0 Å². The first-order valence-corrected chi connectivity index (χ1v) is 9.67. The second kappa shape index (κ2) is 7.62. The Morgan fingerprint density at radius 2 is 2.08 bits per heavy atom. The summed E-state index contributed by atoms with van der Waals surface area (Å²) in [5.41, 5.74) is 2.18. The second-order valence-corrected chi connectivity index (χ2v) is 7.49. The Morgan fingerprint density at radius 1 is 1.23 bits per heavy atom. The van der Waals surface area contributed by atoms with Gasteiger partial charge < -0.3 is 14.4 Å². The van der Waals surface area contributed by atoms with Crippen LogP contribution in [0.2, 0.25) is 0 Å². The largest absolute Gasteiger partial charge is 0.445 e. The molecule has 0 unspecified atom stereocenters. The van der Waals surface area contributed by atoms with E-state index in [1.165, 1.54) is 5.56 Å². The fraction of sp³-hybridized carbons (Fsp3) is 0.524. The third-order valence-electron chi connectivity index (χ3n) is 5.55. The van der Waals surface area contributed by atoms with Crippen molar-refractivity contribution in [2.45, 2.75) is 57.6 Å². The highest BCUT2D eigenvalue weighted by atomic mass is 16.4. The van der Waals surface area contributed by atoms with Gasteiger partial charge in [0, 0.05) is 25.3 Å². The number of aliphatic hydroxyl groups is 1. The zero-order valence-corrected chi connectivity index (χ0v) is 15.1. The van der Waals surface area contributed by atoms with Crippen LogP contribution in [-0.4, -0.2) is 33.5 Å². The summed E-state index contributed by atoms with van der Waals surface area (Å²) in [6.45, 7) is 1.22. The molecule has 2 heterocycles. The lowest BCUT2D eigenvalue weighted by Gasteiger charge is -2.32. The third kappa shape index (κ3) is 3.83. The smallest absolute Gasteiger partial charge is 0.226 e. The number of hydrogen-bond acceptors (Lipinski definition) is 4. The van der Waals surface area contributed by atoms with E-state index in [9.17, 15) is 9.90 Å². The summed E-state index contributed by atoms with van der Waals surface area (Å²) in [4.78, 5) is 19.3. The van der Waals surface area contributed by atoms with Crippen LogP contribution >= 0.6 is 0 Å². The van der Waals surface area contributed by atoms with Crippen LogP contribution in [0.25, 0.3) is 0 Å². The highest BCUT2D eigenvalue weighted by molar-refractivity contribution is 5.79. The Labute approximate surface area is 154 Å². The maximum atomic E-state index is 12.8. The van der Waals surface area contributed by atoms with Crippen molar-refractivity contribution in [3.63, 3.8) is 0 Å². The Kier molecular flexibility index (Phi) is 5.07. The molecule has 2 atom stereocenters. The molecule has 0 saturated heterocycles. The summed E-state index contributed by atoms with van der Waals surface area (Å²) in [5.74, 6) is 1.83. The van der Waals surface area contributed by atoms with E-state index < -0.39 is 0 Å². The predicted octanol–water partition coefficient (Wildman–Crippen LogP) is 2.90. The number of benzene rings is 1. The predicted molar refractivity (Wildman–Crippen MR) is 97.4 cm³/mol. The zero-order valence-electron chi connectivity index (χ0n) is 15.1. The van der Waals surface area contributed by atoms with Crippen LogP contribution in [0, 0.1) is 5.92 Å². The minimum absolute atomic E-state index is 0.0373. The number of amides is 1. The number of fused-ring (bicyclic) bond motifs is 1. The SMILES string of the molecule is O=C([C@H]1CCC[C@H](O)C1)N1CCc2oc(CCc3ccccc3)nc2C1. The van der Waals surface area contributed by atoms with Gasteiger partial charge in [-0.3, -0.25) is 4.79 Å². The van der Waals surface area contributed by atoms with Crippen molar-refractivity contribution in [2.24, 2.45) is 5.92 Å². The van der Waals surface area contributed by atoms with Gasteiger partial charge in [-0.25, -0.2) is 4.98 Å². The molecule has 138 valence electrons. The van der Waals surface area contributed by atoms with Crippen molar-refractivity contribution in [1.82, 2.24) is 9.88 Å². The molecule has 0 spiro atoms. The number of carbonyl (C=O) groups is 1. The summed E-state index contributed by atoms with van der Waals surface area (Å²) in [6.07, 6.45) is 5.34. The van der Waals surface area contributed by atoms with Gasteiger partial charge in [0.05, 0.1) is 12.6 Å². The molecule has 0 bridgehead atoms. The Hall–Kier alpha value is -2.14. The first-order chi connectivity index (χ1) is 12.7. The first-order valence-electron chi connectivity index (χ1n) is 9.67. The fourth-order valence-electron chi connectivity index (χ4n) is 4.09. The molecule has 1 aromatic carbocycles. The number of aliphatic hydroxyl groups excluding tert-OH is 1. The molecule has 1 aliphatic carbocycles. The van der Waals surface area contributed by atoms with Crippen molar-refractivity contribution in [2.75, 3.05) is 6.54 Å². The molecule has 1 N–H and O–H groups in total. The van der Waals surface area contributed by atoms with Crippen molar-refractivity contribution in [3.05, 3.63) is 53.2 Å². The quantitative estimate of drug-likeness (QED) is 0.917. The summed E-state index contributed by atoms with van der Waals surface area (Å²) in [6, 6.07) is 10.3. The van der Waals surface area contributed by atoms with E-state index in [-0.39, 0.29) is 17.9 Å². The van der Waals surface area contributed by atoms with Gasteiger partial charge in [-0.15, -0.1) is 0 Å². The number of carbonyl (C=O) groups excluding carboxylic acids is 1. The van der Waals surface area contributed by atoms with Crippen LogP contribution in [0.5, 0.6) is 0 Å². The standard InChI is InChI=1S/C21H26N2O3/c24-17-8-4-7-16(13-17)21(25)23-12-11-19-18(14-23)22-20(26-19)10-9-15-5-2-1-3-6-15/h1-3,5-6,16-17,24H,4,7-14H2/t16-,17-/m0/s1. The van der Waals surface area contributed by atoms with Crippen molar-refractivity contribution >= 4 is 5.91 Å². The maximum Gasteiger partial charge on any atom is 0.226 e. The van der Waals surface area contributed by atoms with Crippen LogP contribution in [0.1, 0.15) is 48.6 Å². The number of oxazole rings is 1. The van der Waals surface area contributed by atoms with Crippen LogP contribution in [0.3, 0.4) is 0 Å². The summed E-state index contributed by atoms with van der Waals surface area (Å²) < 4.78 is 5.93. The molecule has 26 heavy (non-hydrogen) atoms. The highest BCUT2D eigenvalue weighted by Crippen LogP contribution is 2.28. The minimum Gasteiger partial charge on any atom is -0.445 e. The summed E-state index contributed by atoms with van der Waals surface area (Å²) >= 11 is 0. The second-order valence-electron chi connectivity index (χ2n) is 7.49. The van der Waals surface area contributed by atoms with Gasteiger partial charge in [-0.2, -0.15) is 0 Å². The summed E-state index contributed by atoms with van der Waals surface area (Å²) in [7, 11) is 0. The monoisotopic (exact) mass is 354 g/mol. The van der Waals surface area contributed by atoms with E-state index in [0.29, 0.717) is 19.5 Å². The van der Waals surface area contributed by atoms with Gasteiger partial charge in [-0.05, 0) is 31.2 Å². The average molecular weight is 354 g/mol. The van der Waals surface area contributed by atoms with Crippen molar-refractivity contribution < 1.29 is 14.3 Å². The van der Waals surface area contributed by atoms with Crippen LogP contribution in [0.4, 0.5) is 0 Å². The van der Waals surface area contributed by atoms with E-state index in [0.717, 1.165) is 55.9 Å². The number of hydrogen-bond donors (Lipinski definition) is 1. The molecular formula is C21H26N2O3. The van der Waals surface area contributed by atoms with E-state index in [1.807, 2.05) is 23.1 Å². The minimum atomic E-state index is -0.324. The van der Waals surface area contributed by atoms with Gasteiger partial charge in [0.25, 0.3) is 0 Å². The van der Waals surface area contributed by atoms with E-state index >= 15 is 0 Å². The molecule has 1 aliphatic heterocycles. The molecule has 1 fully saturated rings. The van der Waals surface area contributed by atoms with Crippen LogP contribution in [-0.2, 0) is 30.6 Å².